The lowest BCUT2D eigenvalue weighted by Crippen LogP contribution is -2.42. The molecule has 0 spiro atoms. The number of aromatic nitrogens is 1. The molecule has 1 aromatic heterocycles. The minimum atomic E-state index is -0.309. The Kier molecular flexibility index (Phi) is 6.94. The van der Waals surface area contributed by atoms with Gasteiger partial charge in [0.2, 0.25) is 11.8 Å². The maximum atomic E-state index is 12.9. The average Bonchev–Trinajstić information content (AvgIpc) is 2.73. The predicted octanol–water partition coefficient (Wildman–Crippen LogP) is 2.62. The van der Waals surface area contributed by atoms with Gasteiger partial charge in [-0.25, -0.2) is 4.39 Å². The van der Waals surface area contributed by atoms with Crippen molar-refractivity contribution in [3.63, 3.8) is 0 Å². The van der Waals surface area contributed by atoms with Gasteiger partial charge in [0.25, 0.3) is 0 Å². The monoisotopic (exact) mass is 384 g/mol. The number of carbonyl (C=O) groups excluding carboxylic acids is 2. The lowest BCUT2D eigenvalue weighted by Gasteiger charge is -2.28. The van der Waals surface area contributed by atoms with E-state index < -0.39 is 0 Å². The number of anilines is 1. The number of hydrogen-bond donors (Lipinski definition) is 3. The van der Waals surface area contributed by atoms with Crippen molar-refractivity contribution in [3.8, 4) is 0 Å². The first-order valence-electron chi connectivity index (χ1n) is 9.55. The van der Waals surface area contributed by atoms with Gasteiger partial charge >= 0.3 is 0 Å². The Balaban J connectivity index is 1.34. The Morgan fingerprint density at radius 2 is 1.82 bits per heavy atom. The van der Waals surface area contributed by atoms with E-state index in [0.717, 1.165) is 31.2 Å². The van der Waals surface area contributed by atoms with E-state index >= 15 is 0 Å². The van der Waals surface area contributed by atoms with Crippen LogP contribution in [0, 0.1) is 11.7 Å². The fourth-order valence-corrected chi connectivity index (χ4v) is 3.36. The van der Waals surface area contributed by atoms with Gasteiger partial charge in [-0.3, -0.25) is 14.6 Å². The van der Waals surface area contributed by atoms with Crippen LogP contribution in [0.15, 0.2) is 48.8 Å². The maximum Gasteiger partial charge on any atom is 0.239 e. The molecule has 7 heteroatoms. The molecule has 1 aliphatic rings. The van der Waals surface area contributed by atoms with Crippen LogP contribution >= 0.6 is 0 Å². The smallest absolute Gasteiger partial charge is 0.239 e. The average molecular weight is 384 g/mol. The summed E-state index contributed by atoms with van der Waals surface area (Å²) in [6.45, 7) is 0.621. The summed E-state index contributed by atoms with van der Waals surface area (Å²) in [7, 11) is 0. The Bertz CT molecular complexity index is 775. The van der Waals surface area contributed by atoms with Gasteiger partial charge in [-0.05, 0) is 61.6 Å². The topological polar surface area (TPSA) is 83.1 Å². The molecule has 2 amide bonds. The number of amides is 2. The largest absolute Gasteiger partial charge is 0.376 e. The maximum absolute atomic E-state index is 12.9. The van der Waals surface area contributed by atoms with Crippen LogP contribution in [-0.4, -0.2) is 29.4 Å². The minimum Gasteiger partial charge on any atom is -0.376 e. The molecule has 0 aliphatic heterocycles. The molecule has 6 nitrogen and oxygen atoms in total. The highest BCUT2D eigenvalue weighted by Gasteiger charge is 2.26. The first-order chi connectivity index (χ1) is 13.6. The number of benzene rings is 1. The highest BCUT2D eigenvalue weighted by atomic mass is 19.1. The van der Waals surface area contributed by atoms with E-state index in [1.807, 2.05) is 12.1 Å². The Labute approximate surface area is 163 Å². The van der Waals surface area contributed by atoms with E-state index in [0.29, 0.717) is 12.2 Å². The van der Waals surface area contributed by atoms with E-state index in [4.69, 9.17) is 0 Å². The van der Waals surface area contributed by atoms with Crippen molar-refractivity contribution in [2.45, 2.75) is 38.3 Å². The molecule has 1 fully saturated rings. The zero-order valence-corrected chi connectivity index (χ0v) is 15.7. The van der Waals surface area contributed by atoms with Gasteiger partial charge in [0, 0.05) is 36.6 Å². The number of pyridine rings is 1. The lowest BCUT2D eigenvalue weighted by atomic mass is 9.85. The van der Waals surface area contributed by atoms with Crippen LogP contribution in [0.25, 0.3) is 0 Å². The molecule has 1 aromatic carbocycles. The highest BCUT2D eigenvalue weighted by molar-refractivity contribution is 5.81. The number of nitrogens with zero attached hydrogens (tertiary/aromatic N) is 1. The van der Waals surface area contributed by atoms with Crippen LogP contribution in [0.5, 0.6) is 0 Å². The van der Waals surface area contributed by atoms with Crippen molar-refractivity contribution >= 4 is 17.5 Å². The summed E-state index contributed by atoms with van der Waals surface area (Å²) in [5.41, 5.74) is 1.68. The first-order valence-corrected chi connectivity index (χ1v) is 9.55. The van der Waals surface area contributed by atoms with Crippen molar-refractivity contribution in [2.24, 2.45) is 5.92 Å². The van der Waals surface area contributed by atoms with Gasteiger partial charge < -0.3 is 16.0 Å². The number of carbonyl (C=O) groups is 2. The molecule has 0 saturated heterocycles. The summed E-state index contributed by atoms with van der Waals surface area (Å²) in [6, 6.07) is 9.75. The number of nitrogens with one attached hydrogen (secondary N) is 3. The fraction of sp³-hybridized carbons (Fsp3) is 0.381. The van der Waals surface area contributed by atoms with Crippen LogP contribution in [0.2, 0.25) is 0 Å². The normalized spacial score (nSPS) is 18.9. The molecule has 0 radical (unpaired) electrons. The first kappa shape index (κ1) is 19.8. The molecule has 1 aliphatic carbocycles. The predicted molar refractivity (Wildman–Crippen MR) is 105 cm³/mol. The lowest BCUT2D eigenvalue weighted by molar-refractivity contribution is -0.126. The highest BCUT2D eigenvalue weighted by Crippen LogP contribution is 2.24. The molecule has 0 unspecified atom stereocenters. The standard InChI is InChI=1S/C21H25FN4O2/c22-17-5-9-18(10-6-17)24-14-20(27)26-19-7-3-16(4-8-19)21(28)25-13-15-2-1-11-23-12-15/h1-2,5-6,9-12,16,19,24H,3-4,7-8,13-14H2,(H,25,28)(H,26,27). The van der Waals surface area contributed by atoms with Gasteiger partial charge in [0.1, 0.15) is 5.82 Å². The third-order valence-electron chi connectivity index (χ3n) is 4.95. The minimum absolute atomic E-state index is 0.0119. The number of hydrogen-bond acceptors (Lipinski definition) is 4. The Morgan fingerprint density at radius 1 is 1.07 bits per heavy atom. The molecule has 1 saturated carbocycles. The zero-order chi connectivity index (χ0) is 19.8. The summed E-state index contributed by atoms with van der Waals surface area (Å²) in [5.74, 6) is -0.362. The van der Waals surface area contributed by atoms with Gasteiger partial charge in [-0.2, -0.15) is 0 Å². The summed E-state index contributed by atoms with van der Waals surface area (Å²) in [6.07, 6.45) is 6.54. The van der Waals surface area contributed by atoms with E-state index in [9.17, 15) is 14.0 Å². The summed E-state index contributed by atoms with van der Waals surface area (Å²) in [5, 5.41) is 8.94. The van der Waals surface area contributed by atoms with Crippen LogP contribution in [-0.2, 0) is 16.1 Å². The van der Waals surface area contributed by atoms with Gasteiger partial charge in [-0.15, -0.1) is 0 Å². The third kappa shape index (κ3) is 6.04. The fourth-order valence-electron chi connectivity index (χ4n) is 3.36. The summed E-state index contributed by atoms with van der Waals surface area (Å²) in [4.78, 5) is 28.5. The van der Waals surface area contributed by atoms with Crippen LogP contribution in [0.3, 0.4) is 0 Å². The number of halogens is 1. The van der Waals surface area contributed by atoms with Crippen molar-refractivity contribution in [1.29, 1.82) is 0 Å². The van der Waals surface area contributed by atoms with Crippen LogP contribution in [0.4, 0.5) is 10.1 Å². The molecular weight excluding hydrogens is 359 g/mol. The van der Waals surface area contributed by atoms with E-state index in [1.165, 1.54) is 12.1 Å². The third-order valence-corrected chi connectivity index (χ3v) is 4.95. The van der Waals surface area contributed by atoms with Crippen molar-refractivity contribution in [1.82, 2.24) is 15.6 Å². The van der Waals surface area contributed by atoms with Crippen molar-refractivity contribution < 1.29 is 14.0 Å². The van der Waals surface area contributed by atoms with Crippen LogP contribution in [0.1, 0.15) is 31.2 Å². The van der Waals surface area contributed by atoms with E-state index in [2.05, 4.69) is 20.9 Å². The quantitative estimate of drug-likeness (QED) is 0.685. The molecule has 3 rings (SSSR count). The van der Waals surface area contributed by atoms with Crippen LogP contribution < -0.4 is 16.0 Å². The molecule has 1 heterocycles. The summed E-state index contributed by atoms with van der Waals surface area (Å²) >= 11 is 0. The van der Waals surface area contributed by atoms with Gasteiger partial charge in [-0.1, -0.05) is 6.07 Å². The second-order valence-corrected chi connectivity index (χ2v) is 7.06. The molecule has 0 atom stereocenters. The van der Waals surface area contributed by atoms with E-state index in [-0.39, 0.29) is 36.1 Å². The second-order valence-electron chi connectivity index (χ2n) is 7.06. The Morgan fingerprint density at radius 3 is 2.50 bits per heavy atom. The number of rotatable bonds is 7. The molecule has 28 heavy (non-hydrogen) atoms. The molecule has 2 aromatic rings. The van der Waals surface area contributed by atoms with E-state index in [1.54, 1.807) is 24.5 Å². The van der Waals surface area contributed by atoms with Crippen molar-refractivity contribution in [3.05, 3.63) is 60.2 Å². The van der Waals surface area contributed by atoms with Gasteiger partial charge in [0.05, 0.1) is 6.54 Å². The molecule has 0 bridgehead atoms. The van der Waals surface area contributed by atoms with Gasteiger partial charge in [0.15, 0.2) is 0 Å². The SMILES string of the molecule is O=C(CNc1ccc(F)cc1)NC1CCC(C(=O)NCc2cccnc2)CC1. The molecular formula is C21H25FN4O2. The molecule has 3 N–H and O–H groups in total. The summed E-state index contributed by atoms with van der Waals surface area (Å²) < 4.78 is 12.9. The molecule has 148 valence electrons. The van der Waals surface area contributed by atoms with Crippen molar-refractivity contribution in [2.75, 3.05) is 11.9 Å². The zero-order valence-electron chi connectivity index (χ0n) is 15.7. The Hall–Kier alpha value is -2.96. The second kappa shape index (κ2) is 9.82.